The number of nitrogens with zero attached hydrogens (tertiary/aromatic N) is 1. The molecule has 0 atom stereocenters. The molecule has 1 N–H and O–H groups in total. The predicted octanol–water partition coefficient (Wildman–Crippen LogP) is 4.60. The van der Waals surface area contributed by atoms with Crippen molar-refractivity contribution in [2.45, 2.75) is 0 Å². The van der Waals surface area contributed by atoms with Crippen molar-refractivity contribution >= 4 is 38.7 Å². The normalized spacial score (nSPS) is 11.1. The van der Waals surface area contributed by atoms with Gasteiger partial charge >= 0.3 is 6.16 Å². The summed E-state index contributed by atoms with van der Waals surface area (Å²) in [4.78, 5) is 15.7. The second kappa shape index (κ2) is 4.70. The van der Waals surface area contributed by atoms with Gasteiger partial charge in [-0.25, -0.2) is 9.78 Å². The van der Waals surface area contributed by atoms with Crippen LogP contribution in [0.3, 0.4) is 0 Å². The van der Waals surface area contributed by atoms with E-state index in [2.05, 4.69) is 4.98 Å². The lowest BCUT2D eigenvalue weighted by Gasteiger charge is -2.10. The van der Waals surface area contributed by atoms with Gasteiger partial charge in [0.1, 0.15) is 0 Å². The zero-order valence-corrected chi connectivity index (χ0v) is 11.5. The number of aromatic nitrogens is 1. The van der Waals surface area contributed by atoms with Gasteiger partial charge in [-0.1, -0.05) is 36.4 Å². The molecule has 0 saturated carbocycles. The van der Waals surface area contributed by atoms with Gasteiger partial charge in [0.2, 0.25) is 0 Å². The second-order valence-electron chi connectivity index (χ2n) is 5.04. The minimum Gasteiger partial charge on any atom is -0.449 e. The first-order valence-electron chi connectivity index (χ1n) is 6.84. The Morgan fingerprint density at radius 2 is 1.55 bits per heavy atom. The van der Waals surface area contributed by atoms with E-state index in [9.17, 15) is 4.79 Å². The van der Waals surface area contributed by atoms with Crippen LogP contribution < -0.4 is 4.74 Å². The van der Waals surface area contributed by atoms with Gasteiger partial charge in [-0.15, -0.1) is 0 Å². The summed E-state index contributed by atoms with van der Waals surface area (Å²) in [6, 6.07) is 19.1. The lowest BCUT2D eigenvalue weighted by atomic mass is 10.0. The smallest absolute Gasteiger partial charge is 0.449 e. The number of para-hydroxylation sites is 1. The lowest BCUT2D eigenvalue weighted by Crippen LogP contribution is -2.04. The third-order valence-corrected chi connectivity index (χ3v) is 3.69. The topological polar surface area (TPSA) is 59.4 Å². The molecule has 4 rings (SSSR count). The van der Waals surface area contributed by atoms with Crippen LogP contribution in [0, 0.1) is 0 Å². The van der Waals surface area contributed by atoms with Crippen LogP contribution in [0.25, 0.3) is 32.6 Å². The Bertz CT molecular complexity index is 1030. The van der Waals surface area contributed by atoms with Crippen LogP contribution in [-0.4, -0.2) is 16.2 Å². The molecule has 4 aromatic rings. The molecule has 1 heterocycles. The van der Waals surface area contributed by atoms with Gasteiger partial charge in [0.05, 0.1) is 11.0 Å². The molecule has 3 aromatic carbocycles. The summed E-state index contributed by atoms with van der Waals surface area (Å²) < 4.78 is 5.07. The number of hydrogen-bond donors (Lipinski definition) is 1. The Hall–Kier alpha value is -3.14. The largest absolute Gasteiger partial charge is 0.511 e. The number of rotatable bonds is 1. The fourth-order valence-electron chi connectivity index (χ4n) is 2.74. The molecule has 0 radical (unpaired) electrons. The van der Waals surface area contributed by atoms with Gasteiger partial charge in [0, 0.05) is 10.8 Å². The highest BCUT2D eigenvalue weighted by molar-refractivity contribution is 6.07. The maximum atomic E-state index is 11.1. The number of ether oxygens (including phenoxy) is 1. The molecule has 0 unspecified atom stereocenters. The number of pyridine rings is 1. The van der Waals surface area contributed by atoms with Crippen LogP contribution in [0.4, 0.5) is 4.79 Å². The zero-order valence-electron chi connectivity index (χ0n) is 11.5. The summed E-state index contributed by atoms with van der Waals surface area (Å²) in [5.41, 5.74) is 1.43. The van der Waals surface area contributed by atoms with E-state index in [1.807, 2.05) is 60.7 Å². The van der Waals surface area contributed by atoms with E-state index >= 15 is 0 Å². The van der Waals surface area contributed by atoms with E-state index in [-0.39, 0.29) is 0 Å². The monoisotopic (exact) mass is 289 g/mol. The number of carboxylic acid groups (broad SMARTS) is 1. The van der Waals surface area contributed by atoms with Gasteiger partial charge in [-0.3, -0.25) is 0 Å². The van der Waals surface area contributed by atoms with E-state index in [4.69, 9.17) is 9.84 Å². The molecule has 0 fully saturated rings. The molecule has 0 bridgehead atoms. The lowest BCUT2D eigenvalue weighted by molar-refractivity contribution is 0.145. The fraction of sp³-hybridized carbons (Fsp3) is 0. The van der Waals surface area contributed by atoms with Crippen molar-refractivity contribution in [2.24, 2.45) is 0 Å². The molecule has 106 valence electrons. The second-order valence-corrected chi connectivity index (χ2v) is 5.04. The van der Waals surface area contributed by atoms with Crippen molar-refractivity contribution in [3.63, 3.8) is 0 Å². The molecule has 0 saturated heterocycles. The summed E-state index contributed by atoms with van der Waals surface area (Å²) in [6.45, 7) is 0. The summed E-state index contributed by atoms with van der Waals surface area (Å²) in [5.74, 6) is 0.332. The van der Waals surface area contributed by atoms with Crippen molar-refractivity contribution in [1.82, 2.24) is 4.98 Å². The van der Waals surface area contributed by atoms with Crippen LogP contribution in [0.1, 0.15) is 0 Å². The Balaban J connectivity index is 2.19. The summed E-state index contributed by atoms with van der Waals surface area (Å²) in [7, 11) is 0. The minimum atomic E-state index is -1.33. The average molecular weight is 289 g/mol. The Kier molecular flexibility index (Phi) is 2.69. The first-order valence-corrected chi connectivity index (χ1v) is 6.84. The van der Waals surface area contributed by atoms with Gasteiger partial charge in [0.25, 0.3) is 0 Å². The van der Waals surface area contributed by atoms with Gasteiger partial charge in [-0.05, 0) is 35.0 Å². The standard InChI is InChI=1S/C18H11NO3/c20-18(21)22-17-13-7-3-4-8-15(13)19-16-10-12-6-2-1-5-11(12)9-14(16)17/h1-10H,(H,20,21). The van der Waals surface area contributed by atoms with Crippen molar-refractivity contribution in [3.8, 4) is 5.75 Å². The molecule has 1 aromatic heterocycles. The highest BCUT2D eigenvalue weighted by atomic mass is 16.7. The van der Waals surface area contributed by atoms with Gasteiger partial charge in [-0.2, -0.15) is 0 Å². The molecule has 4 heteroatoms. The number of hydrogen-bond acceptors (Lipinski definition) is 3. The quantitative estimate of drug-likeness (QED) is 0.411. The van der Waals surface area contributed by atoms with E-state index in [0.29, 0.717) is 27.6 Å². The highest BCUT2D eigenvalue weighted by Crippen LogP contribution is 2.35. The van der Waals surface area contributed by atoms with E-state index in [1.54, 1.807) is 0 Å². The Morgan fingerprint density at radius 1 is 0.864 bits per heavy atom. The van der Waals surface area contributed by atoms with Crippen molar-refractivity contribution in [3.05, 3.63) is 60.7 Å². The maximum absolute atomic E-state index is 11.1. The number of fused-ring (bicyclic) bond motifs is 3. The first-order chi connectivity index (χ1) is 10.7. The third-order valence-electron chi connectivity index (χ3n) is 3.69. The molecule has 0 amide bonds. The molecule has 0 spiro atoms. The maximum Gasteiger partial charge on any atom is 0.511 e. The zero-order chi connectivity index (χ0) is 15.1. The summed E-state index contributed by atoms with van der Waals surface area (Å²) in [5, 5.41) is 12.5. The molecule has 0 aliphatic heterocycles. The van der Waals surface area contributed by atoms with Gasteiger partial charge in [0.15, 0.2) is 5.75 Å². The summed E-state index contributed by atoms with van der Waals surface area (Å²) >= 11 is 0. The average Bonchev–Trinajstić information content (AvgIpc) is 2.52. The fourth-order valence-corrected chi connectivity index (χ4v) is 2.74. The van der Waals surface area contributed by atoms with Gasteiger partial charge < -0.3 is 9.84 Å². The van der Waals surface area contributed by atoms with Crippen LogP contribution in [0.5, 0.6) is 5.75 Å². The molecular formula is C18H11NO3. The van der Waals surface area contributed by atoms with Crippen molar-refractivity contribution in [1.29, 1.82) is 0 Å². The van der Waals surface area contributed by atoms with Crippen LogP contribution in [0.2, 0.25) is 0 Å². The Morgan fingerprint density at radius 3 is 2.32 bits per heavy atom. The van der Waals surface area contributed by atoms with Crippen LogP contribution in [-0.2, 0) is 0 Å². The minimum absolute atomic E-state index is 0.332. The van der Waals surface area contributed by atoms with E-state index < -0.39 is 6.16 Å². The Labute approximate surface area is 125 Å². The number of benzene rings is 3. The predicted molar refractivity (Wildman–Crippen MR) is 85.4 cm³/mol. The SMILES string of the molecule is O=C(O)Oc1c2ccccc2nc2cc3ccccc3cc12. The summed E-state index contributed by atoms with van der Waals surface area (Å²) in [6.07, 6.45) is -1.33. The first kappa shape index (κ1) is 12.6. The highest BCUT2D eigenvalue weighted by Gasteiger charge is 2.14. The molecule has 4 nitrogen and oxygen atoms in total. The van der Waals surface area contributed by atoms with Crippen molar-refractivity contribution in [2.75, 3.05) is 0 Å². The molecule has 22 heavy (non-hydrogen) atoms. The van der Waals surface area contributed by atoms with E-state index in [1.165, 1.54) is 0 Å². The van der Waals surface area contributed by atoms with E-state index in [0.717, 1.165) is 10.8 Å². The molecule has 0 aliphatic carbocycles. The van der Waals surface area contributed by atoms with Crippen LogP contribution >= 0.6 is 0 Å². The number of carbonyl (C=O) groups is 1. The molecule has 0 aliphatic rings. The van der Waals surface area contributed by atoms with Crippen molar-refractivity contribution < 1.29 is 14.6 Å². The molecular weight excluding hydrogens is 278 g/mol. The third kappa shape index (κ3) is 1.93. The van der Waals surface area contributed by atoms with Crippen LogP contribution in [0.15, 0.2) is 60.7 Å².